The van der Waals surface area contributed by atoms with Crippen molar-refractivity contribution in [2.75, 3.05) is 26.2 Å². The number of carbonyl (C=O) groups is 1. The molecule has 8 nitrogen and oxygen atoms in total. The lowest BCUT2D eigenvalue weighted by Crippen LogP contribution is -2.47. The fraction of sp³-hybridized carbons (Fsp3) is 0.455. The molecule has 22 heavy (non-hydrogen) atoms. The first-order valence-corrected chi connectivity index (χ1v) is 6.42. The van der Waals surface area contributed by atoms with Crippen LogP contribution in [0.15, 0.2) is 12.1 Å². The molecule has 0 spiro atoms. The molecule has 0 aliphatic carbocycles. The van der Waals surface area contributed by atoms with E-state index in [9.17, 15) is 18.0 Å². The average Bonchev–Trinajstić information content (AvgIpc) is 2.91. The molecular formula is C11H11F3N6O2. The van der Waals surface area contributed by atoms with Gasteiger partial charge in [0, 0.05) is 32.2 Å². The number of ether oxygens (including phenoxy) is 1. The molecule has 3 heterocycles. The third-order valence-corrected chi connectivity index (χ3v) is 3.06. The van der Waals surface area contributed by atoms with E-state index >= 15 is 0 Å². The van der Waals surface area contributed by atoms with Crippen LogP contribution in [0.5, 0.6) is 5.88 Å². The zero-order chi connectivity index (χ0) is 15.7. The number of fused-ring (bicyclic) bond motifs is 1. The highest BCUT2D eigenvalue weighted by Gasteiger charge is 2.37. The van der Waals surface area contributed by atoms with Crippen molar-refractivity contribution in [1.82, 2.24) is 30.0 Å². The number of carbonyl (C=O) groups excluding carboxylic acids is 1. The summed E-state index contributed by atoms with van der Waals surface area (Å²) in [7, 11) is 0. The van der Waals surface area contributed by atoms with Gasteiger partial charge in [0.2, 0.25) is 5.88 Å². The number of hydrogen-bond donors (Lipinski definition) is 1. The summed E-state index contributed by atoms with van der Waals surface area (Å²) in [6, 6.07) is 2.51. The molecule has 2 aromatic heterocycles. The van der Waals surface area contributed by atoms with Crippen LogP contribution >= 0.6 is 0 Å². The summed E-state index contributed by atoms with van der Waals surface area (Å²) >= 11 is 0. The minimum atomic E-state index is -4.70. The van der Waals surface area contributed by atoms with E-state index in [1.807, 2.05) is 0 Å². The standard InChI is InChI=1S/C11H11F3N6O2/c12-11(13,14)9-17-16-7-1-2-8(18-20(7)9)22-10(21)19-5-3-15-4-6-19/h1-2,15H,3-6H2. The Morgan fingerprint density at radius 1 is 1.23 bits per heavy atom. The van der Waals surface area contributed by atoms with Crippen LogP contribution in [0.4, 0.5) is 18.0 Å². The molecule has 1 aliphatic rings. The van der Waals surface area contributed by atoms with Gasteiger partial charge in [0.25, 0.3) is 5.82 Å². The Labute approximate surface area is 121 Å². The molecule has 118 valence electrons. The number of hydrogen-bond acceptors (Lipinski definition) is 6. The van der Waals surface area contributed by atoms with Crippen LogP contribution in [0.1, 0.15) is 5.82 Å². The highest BCUT2D eigenvalue weighted by atomic mass is 19.4. The van der Waals surface area contributed by atoms with Crippen LogP contribution in [0.3, 0.4) is 0 Å². The first-order chi connectivity index (χ1) is 10.4. The number of aromatic nitrogens is 4. The topological polar surface area (TPSA) is 84.6 Å². The van der Waals surface area contributed by atoms with E-state index in [0.717, 1.165) is 0 Å². The first-order valence-electron chi connectivity index (χ1n) is 6.42. The second-order valence-corrected chi connectivity index (χ2v) is 4.57. The monoisotopic (exact) mass is 316 g/mol. The van der Waals surface area contributed by atoms with Crippen LogP contribution in [0, 0.1) is 0 Å². The molecule has 3 rings (SSSR count). The molecule has 0 bridgehead atoms. The van der Waals surface area contributed by atoms with Crippen molar-refractivity contribution in [3.63, 3.8) is 0 Å². The molecule has 0 aromatic carbocycles. The minimum Gasteiger partial charge on any atom is -0.390 e. The quantitative estimate of drug-likeness (QED) is 0.827. The van der Waals surface area contributed by atoms with Gasteiger partial charge in [-0.3, -0.25) is 0 Å². The Morgan fingerprint density at radius 3 is 2.64 bits per heavy atom. The summed E-state index contributed by atoms with van der Waals surface area (Å²) in [5.41, 5.74) is -0.0886. The second-order valence-electron chi connectivity index (χ2n) is 4.57. The van der Waals surface area contributed by atoms with Gasteiger partial charge in [-0.1, -0.05) is 0 Å². The first kappa shape index (κ1) is 14.5. The summed E-state index contributed by atoms with van der Waals surface area (Å²) in [5.74, 6) is -1.52. The van der Waals surface area contributed by atoms with Crippen molar-refractivity contribution >= 4 is 11.7 Å². The van der Waals surface area contributed by atoms with E-state index in [1.54, 1.807) is 0 Å². The van der Waals surface area contributed by atoms with Crippen LogP contribution in [0.25, 0.3) is 5.65 Å². The highest BCUT2D eigenvalue weighted by molar-refractivity contribution is 5.70. The highest BCUT2D eigenvalue weighted by Crippen LogP contribution is 2.27. The zero-order valence-corrected chi connectivity index (χ0v) is 11.2. The summed E-state index contributed by atoms with van der Waals surface area (Å²) in [4.78, 5) is 13.3. The van der Waals surface area contributed by atoms with E-state index in [4.69, 9.17) is 4.74 Å². The maximum absolute atomic E-state index is 12.7. The molecule has 0 saturated carbocycles. The van der Waals surface area contributed by atoms with Crippen molar-refractivity contribution in [3.8, 4) is 5.88 Å². The number of alkyl halides is 3. The van der Waals surface area contributed by atoms with Gasteiger partial charge in [-0.15, -0.1) is 15.3 Å². The van der Waals surface area contributed by atoms with E-state index in [0.29, 0.717) is 30.7 Å². The third-order valence-electron chi connectivity index (χ3n) is 3.06. The van der Waals surface area contributed by atoms with Crippen molar-refractivity contribution < 1.29 is 22.7 Å². The van der Waals surface area contributed by atoms with Gasteiger partial charge in [-0.25, -0.2) is 4.79 Å². The van der Waals surface area contributed by atoms with Crippen LogP contribution in [-0.2, 0) is 6.18 Å². The summed E-state index contributed by atoms with van der Waals surface area (Å²) in [6.07, 6.45) is -5.36. The molecule has 1 aliphatic heterocycles. The largest absolute Gasteiger partial charge is 0.453 e. The maximum atomic E-state index is 12.7. The van der Waals surface area contributed by atoms with Gasteiger partial charge in [-0.2, -0.15) is 17.7 Å². The van der Waals surface area contributed by atoms with Crippen molar-refractivity contribution in [3.05, 3.63) is 18.0 Å². The lowest BCUT2D eigenvalue weighted by atomic mass is 10.4. The molecule has 1 N–H and O–H groups in total. The summed E-state index contributed by atoms with van der Waals surface area (Å²) < 4.78 is 43.8. The number of nitrogens with one attached hydrogen (secondary N) is 1. The molecule has 2 aromatic rings. The van der Waals surface area contributed by atoms with Gasteiger partial charge in [0.05, 0.1) is 0 Å². The number of amides is 1. The van der Waals surface area contributed by atoms with Gasteiger partial charge >= 0.3 is 12.3 Å². The predicted octanol–water partition coefficient (Wildman–Crippen LogP) is 0.547. The Morgan fingerprint density at radius 2 is 1.95 bits per heavy atom. The lowest BCUT2D eigenvalue weighted by Gasteiger charge is -2.26. The minimum absolute atomic E-state index is 0.0886. The van der Waals surface area contributed by atoms with E-state index in [2.05, 4.69) is 20.6 Å². The third kappa shape index (κ3) is 2.79. The Kier molecular flexibility index (Phi) is 3.56. The zero-order valence-electron chi connectivity index (χ0n) is 11.2. The molecule has 1 saturated heterocycles. The number of halogens is 3. The second kappa shape index (κ2) is 5.40. The van der Waals surface area contributed by atoms with Crippen LogP contribution < -0.4 is 10.1 Å². The molecule has 0 atom stereocenters. The number of rotatable bonds is 1. The molecule has 1 fully saturated rings. The summed E-state index contributed by atoms with van der Waals surface area (Å²) in [5, 5.41) is 13.1. The normalized spacial score (nSPS) is 16.0. The van der Waals surface area contributed by atoms with E-state index in [1.165, 1.54) is 17.0 Å². The van der Waals surface area contributed by atoms with Gasteiger partial charge in [0.1, 0.15) is 0 Å². The maximum Gasteiger partial charge on any atom is 0.453 e. The predicted molar refractivity (Wildman–Crippen MR) is 66.3 cm³/mol. The molecule has 1 amide bonds. The van der Waals surface area contributed by atoms with Crippen LogP contribution in [0.2, 0.25) is 0 Å². The molecular weight excluding hydrogens is 305 g/mol. The fourth-order valence-corrected chi connectivity index (χ4v) is 2.00. The Balaban J connectivity index is 1.83. The SMILES string of the molecule is O=C(Oc1ccc2nnc(C(F)(F)F)n2n1)N1CCNCC1. The van der Waals surface area contributed by atoms with Crippen molar-refractivity contribution in [2.24, 2.45) is 0 Å². The van der Waals surface area contributed by atoms with Crippen molar-refractivity contribution in [2.45, 2.75) is 6.18 Å². The van der Waals surface area contributed by atoms with Gasteiger partial charge < -0.3 is 15.0 Å². The molecule has 0 unspecified atom stereocenters. The molecule has 11 heteroatoms. The number of piperazine rings is 1. The van der Waals surface area contributed by atoms with Crippen LogP contribution in [-0.4, -0.2) is 57.0 Å². The van der Waals surface area contributed by atoms with E-state index < -0.39 is 18.1 Å². The fourth-order valence-electron chi connectivity index (χ4n) is 2.00. The average molecular weight is 316 g/mol. The Hall–Kier alpha value is -2.43. The molecule has 0 radical (unpaired) electrons. The van der Waals surface area contributed by atoms with Crippen molar-refractivity contribution in [1.29, 1.82) is 0 Å². The smallest absolute Gasteiger partial charge is 0.390 e. The Bertz CT molecular complexity index is 695. The summed E-state index contributed by atoms with van der Waals surface area (Å²) in [6.45, 7) is 2.18. The van der Waals surface area contributed by atoms with Gasteiger partial charge in [0.15, 0.2) is 5.65 Å². The van der Waals surface area contributed by atoms with Gasteiger partial charge in [-0.05, 0) is 6.07 Å². The lowest BCUT2D eigenvalue weighted by molar-refractivity contribution is -0.146. The number of nitrogens with zero attached hydrogens (tertiary/aromatic N) is 5. The van der Waals surface area contributed by atoms with E-state index in [-0.39, 0.29) is 11.5 Å².